The summed E-state index contributed by atoms with van der Waals surface area (Å²) in [5, 5.41) is 16.2. The van der Waals surface area contributed by atoms with Gasteiger partial charge in [-0.1, -0.05) is 12.1 Å². The maximum absolute atomic E-state index is 12.2. The number of piperidine rings is 1. The number of amides is 2. The van der Waals surface area contributed by atoms with Crippen LogP contribution in [0.4, 0.5) is 4.79 Å². The monoisotopic (exact) mass is 315 g/mol. The number of aromatic nitrogens is 3. The Balaban J connectivity index is 1.52. The van der Waals surface area contributed by atoms with E-state index in [4.69, 9.17) is 0 Å². The number of carbonyl (C=O) groups excluding carboxylic acids is 1. The Morgan fingerprint density at radius 1 is 1.35 bits per heavy atom. The minimum atomic E-state index is -0.0662. The van der Waals surface area contributed by atoms with Crippen LogP contribution >= 0.6 is 0 Å². The molecule has 0 radical (unpaired) electrons. The summed E-state index contributed by atoms with van der Waals surface area (Å²) in [6, 6.07) is 7.75. The van der Waals surface area contributed by atoms with Gasteiger partial charge in [0.1, 0.15) is 12.7 Å². The number of urea groups is 1. The number of carbonyl (C=O) groups is 1. The van der Waals surface area contributed by atoms with Crippen LogP contribution in [0.5, 0.6) is 0 Å². The largest absolute Gasteiger partial charge is 0.396 e. The Bertz CT molecular complexity index is 626. The molecule has 7 heteroatoms. The van der Waals surface area contributed by atoms with Gasteiger partial charge < -0.3 is 15.3 Å². The van der Waals surface area contributed by atoms with Crippen molar-refractivity contribution in [1.29, 1.82) is 0 Å². The lowest BCUT2D eigenvalue weighted by Gasteiger charge is -2.31. The molecular weight excluding hydrogens is 294 g/mol. The standard InChI is InChI=1S/C16H21N5O2/c22-10-14-2-1-7-20(9-14)16(23)18-8-13-3-5-15(6-4-13)21-12-17-11-19-21/h3-6,11-12,14,22H,1-2,7-10H2,(H,18,23). The van der Waals surface area contributed by atoms with Gasteiger partial charge in [0.2, 0.25) is 0 Å². The highest BCUT2D eigenvalue weighted by molar-refractivity contribution is 5.74. The molecule has 0 spiro atoms. The molecule has 1 aliphatic heterocycles. The molecule has 1 fully saturated rings. The van der Waals surface area contributed by atoms with Crippen molar-refractivity contribution in [3.63, 3.8) is 0 Å². The third-order valence-corrected chi connectivity index (χ3v) is 4.13. The van der Waals surface area contributed by atoms with E-state index in [2.05, 4.69) is 15.4 Å². The van der Waals surface area contributed by atoms with Gasteiger partial charge in [0.25, 0.3) is 0 Å². The molecule has 122 valence electrons. The normalized spacial score (nSPS) is 18.0. The third-order valence-electron chi connectivity index (χ3n) is 4.13. The van der Waals surface area contributed by atoms with Crippen molar-refractivity contribution in [2.24, 2.45) is 5.92 Å². The number of hydrogen-bond acceptors (Lipinski definition) is 4. The minimum Gasteiger partial charge on any atom is -0.396 e. The minimum absolute atomic E-state index is 0.0662. The van der Waals surface area contributed by atoms with E-state index in [1.807, 2.05) is 24.3 Å². The van der Waals surface area contributed by atoms with Crippen molar-refractivity contribution in [2.45, 2.75) is 19.4 Å². The summed E-state index contributed by atoms with van der Waals surface area (Å²) in [5.41, 5.74) is 1.96. The average molecular weight is 315 g/mol. The van der Waals surface area contributed by atoms with E-state index in [0.29, 0.717) is 13.1 Å². The van der Waals surface area contributed by atoms with E-state index in [1.54, 1.807) is 15.9 Å². The highest BCUT2D eigenvalue weighted by Crippen LogP contribution is 2.16. The molecule has 23 heavy (non-hydrogen) atoms. The summed E-state index contributed by atoms with van der Waals surface area (Å²) in [4.78, 5) is 17.9. The summed E-state index contributed by atoms with van der Waals surface area (Å²) in [6.45, 7) is 2.02. The maximum atomic E-state index is 12.2. The van der Waals surface area contributed by atoms with Crippen molar-refractivity contribution in [2.75, 3.05) is 19.7 Å². The topological polar surface area (TPSA) is 83.3 Å². The van der Waals surface area contributed by atoms with Crippen molar-refractivity contribution < 1.29 is 9.90 Å². The van der Waals surface area contributed by atoms with Gasteiger partial charge >= 0.3 is 6.03 Å². The molecule has 2 heterocycles. The second-order valence-corrected chi connectivity index (χ2v) is 5.80. The van der Waals surface area contributed by atoms with Crippen molar-refractivity contribution in [3.8, 4) is 5.69 Å². The van der Waals surface area contributed by atoms with E-state index < -0.39 is 0 Å². The lowest BCUT2D eigenvalue weighted by molar-refractivity contribution is 0.129. The van der Waals surface area contributed by atoms with Gasteiger partial charge in [0.15, 0.2) is 0 Å². The predicted octanol–water partition coefficient (Wildman–Crippen LogP) is 1.18. The molecule has 1 atom stereocenters. The molecule has 2 N–H and O–H groups in total. The molecular formula is C16H21N5O2. The number of likely N-dealkylation sites (tertiary alicyclic amines) is 1. The van der Waals surface area contributed by atoms with Crippen LogP contribution in [0, 0.1) is 5.92 Å². The van der Waals surface area contributed by atoms with E-state index in [-0.39, 0.29) is 18.6 Å². The first-order valence-corrected chi connectivity index (χ1v) is 7.84. The summed E-state index contributed by atoms with van der Waals surface area (Å²) in [7, 11) is 0. The molecule has 2 aromatic rings. The SMILES string of the molecule is O=C(NCc1ccc(-n2cncn2)cc1)N1CCCC(CO)C1. The number of hydrogen-bond donors (Lipinski definition) is 2. The summed E-state index contributed by atoms with van der Waals surface area (Å²) in [5.74, 6) is 0.205. The quantitative estimate of drug-likeness (QED) is 0.887. The second-order valence-electron chi connectivity index (χ2n) is 5.80. The highest BCUT2D eigenvalue weighted by Gasteiger charge is 2.22. The van der Waals surface area contributed by atoms with Gasteiger partial charge in [-0.3, -0.25) is 0 Å². The first-order valence-electron chi connectivity index (χ1n) is 7.84. The van der Waals surface area contributed by atoms with Crippen LogP contribution in [0.1, 0.15) is 18.4 Å². The van der Waals surface area contributed by atoms with Gasteiger partial charge in [0, 0.05) is 26.2 Å². The molecule has 7 nitrogen and oxygen atoms in total. The number of benzene rings is 1. The van der Waals surface area contributed by atoms with Crippen LogP contribution < -0.4 is 5.32 Å². The van der Waals surface area contributed by atoms with Crippen LogP contribution in [0.2, 0.25) is 0 Å². The fourth-order valence-corrected chi connectivity index (χ4v) is 2.80. The molecule has 2 amide bonds. The first kappa shape index (κ1) is 15.5. The Labute approximate surface area is 134 Å². The van der Waals surface area contributed by atoms with Gasteiger partial charge in [-0.05, 0) is 36.5 Å². The summed E-state index contributed by atoms with van der Waals surface area (Å²) < 4.78 is 1.69. The van der Waals surface area contributed by atoms with Gasteiger partial charge in [-0.15, -0.1) is 0 Å². The summed E-state index contributed by atoms with van der Waals surface area (Å²) in [6.07, 6.45) is 5.08. The number of nitrogens with one attached hydrogen (secondary N) is 1. The van der Waals surface area contributed by atoms with Crippen molar-refractivity contribution in [3.05, 3.63) is 42.5 Å². The van der Waals surface area contributed by atoms with Gasteiger partial charge in [-0.2, -0.15) is 5.10 Å². The molecule has 1 aromatic heterocycles. The molecule has 0 saturated carbocycles. The molecule has 0 aliphatic carbocycles. The predicted molar refractivity (Wildman–Crippen MR) is 85.0 cm³/mol. The molecule has 3 rings (SSSR count). The second kappa shape index (κ2) is 7.23. The van der Waals surface area contributed by atoms with Crippen LogP contribution in [0.25, 0.3) is 5.69 Å². The molecule has 1 saturated heterocycles. The molecule has 1 aromatic carbocycles. The maximum Gasteiger partial charge on any atom is 0.317 e. The van der Waals surface area contributed by atoms with Crippen molar-refractivity contribution >= 4 is 6.03 Å². The Kier molecular flexibility index (Phi) is 4.87. The zero-order valence-corrected chi connectivity index (χ0v) is 12.9. The van der Waals surface area contributed by atoms with Crippen LogP contribution in [0.15, 0.2) is 36.9 Å². The van der Waals surface area contributed by atoms with Gasteiger partial charge in [-0.25, -0.2) is 14.5 Å². The van der Waals surface area contributed by atoms with Crippen LogP contribution in [-0.4, -0.2) is 50.5 Å². The first-order chi connectivity index (χ1) is 11.3. The lowest BCUT2D eigenvalue weighted by atomic mass is 9.99. The molecule has 1 aliphatic rings. The zero-order valence-electron chi connectivity index (χ0n) is 12.9. The number of nitrogens with zero attached hydrogens (tertiary/aromatic N) is 4. The fourth-order valence-electron chi connectivity index (χ4n) is 2.80. The Morgan fingerprint density at radius 3 is 2.87 bits per heavy atom. The highest BCUT2D eigenvalue weighted by atomic mass is 16.3. The van der Waals surface area contributed by atoms with Gasteiger partial charge in [0.05, 0.1) is 5.69 Å². The molecule has 0 bridgehead atoms. The summed E-state index contributed by atoms with van der Waals surface area (Å²) >= 11 is 0. The zero-order chi connectivity index (χ0) is 16.1. The van der Waals surface area contributed by atoms with E-state index in [0.717, 1.165) is 30.6 Å². The van der Waals surface area contributed by atoms with E-state index in [1.165, 1.54) is 6.33 Å². The van der Waals surface area contributed by atoms with E-state index in [9.17, 15) is 9.90 Å². The average Bonchev–Trinajstić information content (AvgIpc) is 3.15. The lowest BCUT2D eigenvalue weighted by Crippen LogP contribution is -2.45. The Hall–Kier alpha value is -2.41. The van der Waals surface area contributed by atoms with E-state index >= 15 is 0 Å². The van der Waals surface area contributed by atoms with Crippen LogP contribution in [-0.2, 0) is 6.54 Å². The Morgan fingerprint density at radius 2 is 2.17 bits per heavy atom. The number of aliphatic hydroxyl groups is 1. The third kappa shape index (κ3) is 3.87. The molecule has 1 unspecified atom stereocenters. The fraction of sp³-hybridized carbons (Fsp3) is 0.438. The van der Waals surface area contributed by atoms with Crippen molar-refractivity contribution in [1.82, 2.24) is 25.0 Å². The smallest absolute Gasteiger partial charge is 0.317 e. The van der Waals surface area contributed by atoms with Crippen LogP contribution in [0.3, 0.4) is 0 Å². The number of aliphatic hydroxyl groups excluding tert-OH is 1. The number of rotatable bonds is 4.